The molecule has 1 aromatic rings. The van der Waals surface area contributed by atoms with Crippen molar-refractivity contribution in [3.63, 3.8) is 0 Å². The van der Waals surface area contributed by atoms with E-state index in [1.807, 2.05) is 0 Å². The van der Waals surface area contributed by atoms with Gasteiger partial charge in [0.1, 0.15) is 5.82 Å². The summed E-state index contributed by atoms with van der Waals surface area (Å²) in [6.45, 7) is 3.82. The molecular formula is C13H18ClFN2O2. The molecule has 2 atom stereocenters. The molecule has 0 aliphatic heterocycles. The van der Waals surface area contributed by atoms with Gasteiger partial charge in [0.15, 0.2) is 0 Å². The summed E-state index contributed by atoms with van der Waals surface area (Å²) >= 11 is 5.68. The zero-order valence-electron chi connectivity index (χ0n) is 10.9. The van der Waals surface area contributed by atoms with Crippen LogP contribution in [0.5, 0.6) is 0 Å². The molecule has 0 heterocycles. The van der Waals surface area contributed by atoms with Gasteiger partial charge in [0, 0.05) is 6.54 Å². The summed E-state index contributed by atoms with van der Waals surface area (Å²) in [6.07, 6.45) is 0.0399. The van der Waals surface area contributed by atoms with E-state index in [0.717, 1.165) is 5.56 Å². The van der Waals surface area contributed by atoms with Gasteiger partial charge in [-0.15, -0.1) is 0 Å². The van der Waals surface area contributed by atoms with E-state index in [2.05, 4.69) is 10.6 Å². The fraction of sp³-hybridized carbons (Fsp3) is 0.462. The SMILES string of the molecule is CC(O)CCNC(=O)NC(C)c1ccc(F)c(Cl)c1. The van der Waals surface area contributed by atoms with Gasteiger partial charge in [0.2, 0.25) is 0 Å². The van der Waals surface area contributed by atoms with Crippen molar-refractivity contribution in [2.75, 3.05) is 6.54 Å². The molecule has 2 unspecified atom stereocenters. The number of rotatable bonds is 5. The van der Waals surface area contributed by atoms with Crippen molar-refractivity contribution in [1.29, 1.82) is 0 Å². The second-order valence-corrected chi connectivity index (χ2v) is 4.84. The van der Waals surface area contributed by atoms with Crippen molar-refractivity contribution in [1.82, 2.24) is 10.6 Å². The van der Waals surface area contributed by atoms with Crippen LogP contribution >= 0.6 is 11.6 Å². The number of aliphatic hydroxyl groups is 1. The van der Waals surface area contributed by atoms with Crippen LogP contribution in [-0.4, -0.2) is 23.8 Å². The Morgan fingerprint density at radius 1 is 1.47 bits per heavy atom. The third-order valence-corrected chi connectivity index (χ3v) is 2.93. The number of carbonyl (C=O) groups is 1. The predicted octanol–water partition coefficient (Wildman–Crippen LogP) is 2.61. The predicted molar refractivity (Wildman–Crippen MR) is 72.7 cm³/mol. The van der Waals surface area contributed by atoms with Gasteiger partial charge in [0.05, 0.1) is 17.2 Å². The fourth-order valence-electron chi connectivity index (χ4n) is 1.51. The minimum atomic E-state index is -0.487. The Labute approximate surface area is 117 Å². The van der Waals surface area contributed by atoms with Gasteiger partial charge < -0.3 is 15.7 Å². The van der Waals surface area contributed by atoms with Crippen LogP contribution in [0.1, 0.15) is 31.9 Å². The molecule has 4 nitrogen and oxygen atoms in total. The average molecular weight is 289 g/mol. The summed E-state index contributed by atoms with van der Waals surface area (Å²) in [4.78, 5) is 11.5. The molecule has 0 aliphatic carbocycles. The topological polar surface area (TPSA) is 61.4 Å². The zero-order chi connectivity index (χ0) is 14.4. The van der Waals surface area contributed by atoms with Crippen molar-refractivity contribution in [2.24, 2.45) is 0 Å². The molecule has 0 aliphatic rings. The highest BCUT2D eigenvalue weighted by molar-refractivity contribution is 6.30. The molecule has 0 bridgehead atoms. The van der Waals surface area contributed by atoms with Gasteiger partial charge >= 0.3 is 6.03 Å². The lowest BCUT2D eigenvalue weighted by atomic mass is 10.1. The molecule has 1 rings (SSSR count). The van der Waals surface area contributed by atoms with Crippen LogP contribution in [0.2, 0.25) is 5.02 Å². The van der Waals surface area contributed by atoms with Gasteiger partial charge in [-0.3, -0.25) is 0 Å². The molecule has 2 amide bonds. The van der Waals surface area contributed by atoms with Crippen molar-refractivity contribution in [3.05, 3.63) is 34.6 Å². The number of amides is 2. The summed E-state index contributed by atoms with van der Waals surface area (Å²) in [5, 5.41) is 14.4. The van der Waals surface area contributed by atoms with Crippen molar-refractivity contribution in [2.45, 2.75) is 32.4 Å². The van der Waals surface area contributed by atoms with Crippen LogP contribution in [0.3, 0.4) is 0 Å². The Kier molecular flexibility index (Phi) is 6.05. The Bertz CT molecular complexity index is 441. The lowest BCUT2D eigenvalue weighted by molar-refractivity contribution is 0.183. The quantitative estimate of drug-likeness (QED) is 0.780. The minimum absolute atomic E-state index is 0.0284. The molecule has 0 radical (unpaired) electrons. The van der Waals surface area contributed by atoms with E-state index in [9.17, 15) is 9.18 Å². The highest BCUT2D eigenvalue weighted by atomic mass is 35.5. The van der Waals surface area contributed by atoms with E-state index in [4.69, 9.17) is 16.7 Å². The van der Waals surface area contributed by atoms with Crippen molar-refractivity contribution >= 4 is 17.6 Å². The maximum absolute atomic E-state index is 13.0. The zero-order valence-corrected chi connectivity index (χ0v) is 11.7. The maximum Gasteiger partial charge on any atom is 0.315 e. The summed E-state index contributed by atoms with van der Waals surface area (Å²) in [5.41, 5.74) is 0.720. The average Bonchev–Trinajstić information content (AvgIpc) is 2.32. The molecule has 3 N–H and O–H groups in total. The molecule has 19 heavy (non-hydrogen) atoms. The summed E-state index contributed by atoms with van der Waals surface area (Å²) in [6, 6.07) is 3.69. The number of aliphatic hydroxyl groups excluding tert-OH is 1. The molecule has 0 aromatic heterocycles. The maximum atomic E-state index is 13.0. The second-order valence-electron chi connectivity index (χ2n) is 4.43. The summed E-state index contributed by atoms with van der Waals surface area (Å²) in [7, 11) is 0. The number of hydrogen-bond donors (Lipinski definition) is 3. The first-order valence-electron chi connectivity index (χ1n) is 6.07. The smallest absolute Gasteiger partial charge is 0.315 e. The minimum Gasteiger partial charge on any atom is -0.393 e. The monoisotopic (exact) mass is 288 g/mol. The van der Waals surface area contributed by atoms with Crippen molar-refractivity contribution in [3.8, 4) is 0 Å². The molecule has 0 saturated heterocycles. The Hall–Kier alpha value is -1.33. The van der Waals surface area contributed by atoms with E-state index in [-0.39, 0.29) is 17.1 Å². The van der Waals surface area contributed by atoms with E-state index in [1.165, 1.54) is 12.1 Å². The first-order chi connectivity index (χ1) is 8.90. The Balaban J connectivity index is 2.47. The van der Waals surface area contributed by atoms with E-state index in [0.29, 0.717) is 13.0 Å². The lowest BCUT2D eigenvalue weighted by Crippen LogP contribution is -2.38. The third kappa shape index (κ3) is 5.44. The molecule has 106 valence electrons. The van der Waals surface area contributed by atoms with Gasteiger partial charge in [0.25, 0.3) is 0 Å². The summed E-state index contributed by atoms with van der Waals surface area (Å²) < 4.78 is 13.0. The first-order valence-corrected chi connectivity index (χ1v) is 6.45. The molecule has 0 fully saturated rings. The molecule has 0 saturated carbocycles. The largest absolute Gasteiger partial charge is 0.393 e. The molecule has 0 spiro atoms. The number of nitrogens with one attached hydrogen (secondary N) is 2. The van der Waals surface area contributed by atoms with E-state index < -0.39 is 11.9 Å². The normalized spacial score (nSPS) is 13.7. The third-order valence-electron chi connectivity index (χ3n) is 2.64. The highest BCUT2D eigenvalue weighted by Crippen LogP contribution is 2.20. The second kappa shape index (κ2) is 7.31. The van der Waals surface area contributed by atoms with Gasteiger partial charge in [-0.1, -0.05) is 17.7 Å². The standard InChI is InChI=1S/C13H18ClFN2O2/c1-8(18)5-6-16-13(19)17-9(2)10-3-4-12(15)11(14)7-10/h3-4,7-9,18H,5-6H2,1-2H3,(H2,16,17,19). The number of hydrogen-bond acceptors (Lipinski definition) is 2. The Morgan fingerprint density at radius 2 is 2.16 bits per heavy atom. The van der Waals surface area contributed by atoms with Crippen LogP contribution in [0.25, 0.3) is 0 Å². The number of benzene rings is 1. The van der Waals surface area contributed by atoms with Gasteiger partial charge in [-0.25, -0.2) is 9.18 Å². The first kappa shape index (κ1) is 15.7. The molecule has 6 heteroatoms. The van der Waals surface area contributed by atoms with Crippen molar-refractivity contribution < 1.29 is 14.3 Å². The van der Waals surface area contributed by atoms with Crippen LogP contribution in [-0.2, 0) is 0 Å². The number of urea groups is 1. The van der Waals surface area contributed by atoms with Crippen LogP contribution in [0.15, 0.2) is 18.2 Å². The fourth-order valence-corrected chi connectivity index (χ4v) is 1.70. The van der Waals surface area contributed by atoms with E-state index in [1.54, 1.807) is 19.9 Å². The van der Waals surface area contributed by atoms with E-state index >= 15 is 0 Å². The lowest BCUT2D eigenvalue weighted by Gasteiger charge is -2.15. The number of halogens is 2. The Morgan fingerprint density at radius 3 is 2.74 bits per heavy atom. The van der Waals surface area contributed by atoms with Crippen LogP contribution in [0.4, 0.5) is 9.18 Å². The highest BCUT2D eigenvalue weighted by Gasteiger charge is 2.11. The molecule has 1 aromatic carbocycles. The number of carbonyl (C=O) groups excluding carboxylic acids is 1. The van der Waals surface area contributed by atoms with Crippen LogP contribution in [0, 0.1) is 5.82 Å². The van der Waals surface area contributed by atoms with Gasteiger partial charge in [-0.05, 0) is 38.0 Å². The van der Waals surface area contributed by atoms with Gasteiger partial charge in [-0.2, -0.15) is 0 Å². The summed E-state index contributed by atoms with van der Waals surface area (Å²) in [5.74, 6) is -0.487. The molecular weight excluding hydrogens is 271 g/mol. The van der Waals surface area contributed by atoms with Crippen LogP contribution < -0.4 is 10.6 Å².